The Bertz CT molecular complexity index is 1150. The van der Waals surface area contributed by atoms with Gasteiger partial charge in [0.1, 0.15) is 5.69 Å². The number of rotatable bonds is 4. The second kappa shape index (κ2) is 8.14. The number of H-pyrrole nitrogens is 1. The molecule has 6 nitrogen and oxygen atoms in total. The van der Waals surface area contributed by atoms with Gasteiger partial charge in [0, 0.05) is 18.5 Å². The number of ether oxygens (including phenoxy) is 1. The van der Waals surface area contributed by atoms with Gasteiger partial charge in [-0.05, 0) is 35.1 Å². The fraction of sp³-hybridized carbons (Fsp3) is 0.174. The Morgan fingerprint density at radius 2 is 1.79 bits per heavy atom. The lowest BCUT2D eigenvalue weighted by atomic mass is 10.00. The number of esters is 1. The summed E-state index contributed by atoms with van der Waals surface area (Å²) in [6.45, 7) is 0.694. The van der Waals surface area contributed by atoms with Crippen LogP contribution in [0.25, 0.3) is 16.3 Å². The molecule has 29 heavy (non-hydrogen) atoms. The zero-order valence-electron chi connectivity index (χ0n) is 15.8. The number of aromatic amines is 1. The van der Waals surface area contributed by atoms with E-state index in [2.05, 4.69) is 17.1 Å². The van der Waals surface area contributed by atoms with Crippen LogP contribution in [0, 0.1) is 0 Å². The van der Waals surface area contributed by atoms with Crippen LogP contribution in [0.4, 0.5) is 0 Å². The highest BCUT2D eigenvalue weighted by Gasteiger charge is 2.20. The monoisotopic (exact) mass is 388 g/mol. The first-order valence-electron chi connectivity index (χ1n) is 9.43. The molecular formula is C23H20N2O4. The number of hydrogen-bond donors (Lipinski definition) is 1. The molecule has 2 heterocycles. The average molecular weight is 388 g/mol. The van der Waals surface area contributed by atoms with Crippen LogP contribution < -0.4 is 5.56 Å². The van der Waals surface area contributed by atoms with Crippen LogP contribution in [0.1, 0.15) is 22.5 Å². The second-order valence-electron chi connectivity index (χ2n) is 6.86. The maximum Gasteiger partial charge on any atom is 0.355 e. The van der Waals surface area contributed by atoms with Crippen LogP contribution in [0.15, 0.2) is 71.5 Å². The van der Waals surface area contributed by atoms with Crippen LogP contribution in [0.5, 0.6) is 0 Å². The Balaban J connectivity index is 1.37. The Morgan fingerprint density at radius 3 is 2.55 bits per heavy atom. The van der Waals surface area contributed by atoms with Gasteiger partial charge in [-0.25, -0.2) is 4.79 Å². The zero-order valence-corrected chi connectivity index (χ0v) is 15.8. The number of aromatic nitrogens is 1. The Kier molecular flexibility index (Phi) is 5.24. The maximum absolute atomic E-state index is 12.4. The fourth-order valence-electron chi connectivity index (χ4n) is 3.43. The van der Waals surface area contributed by atoms with Crippen molar-refractivity contribution in [2.24, 2.45) is 0 Å². The number of nitrogens with zero attached hydrogens (tertiary/aromatic N) is 1. The van der Waals surface area contributed by atoms with E-state index < -0.39 is 5.97 Å². The van der Waals surface area contributed by atoms with Crippen molar-refractivity contribution in [1.82, 2.24) is 9.88 Å². The lowest BCUT2D eigenvalue weighted by Gasteiger charge is -2.26. The molecule has 1 aliphatic rings. The summed E-state index contributed by atoms with van der Waals surface area (Å²) in [4.78, 5) is 41.0. The van der Waals surface area contributed by atoms with E-state index in [1.807, 2.05) is 24.3 Å². The molecule has 146 valence electrons. The summed E-state index contributed by atoms with van der Waals surface area (Å²) in [5.41, 5.74) is 2.04. The van der Waals surface area contributed by atoms with Gasteiger partial charge in [-0.1, -0.05) is 54.6 Å². The number of carbonyl (C=O) groups excluding carboxylic acids is 2. The minimum Gasteiger partial charge on any atom is -0.451 e. The second-order valence-corrected chi connectivity index (χ2v) is 6.86. The van der Waals surface area contributed by atoms with Crippen molar-refractivity contribution in [3.8, 4) is 0 Å². The third-order valence-electron chi connectivity index (χ3n) is 5.01. The number of pyridine rings is 1. The predicted octanol–water partition coefficient (Wildman–Crippen LogP) is 3.00. The Hall–Kier alpha value is -3.67. The molecule has 0 atom stereocenters. The molecule has 0 spiro atoms. The topological polar surface area (TPSA) is 79.5 Å². The molecule has 0 saturated carbocycles. The number of carbonyl (C=O) groups is 2. The van der Waals surface area contributed by atoms with Crippen LogP contribution in [0.3, 0.4) is 0 Å². The smallest absolute Gasteiger partial charge is 0.355 e. The number of hydrogen-bond acceptors (Lipinski definition) is 4. The van der Waals surface area contributed by atoms with Gasteiger partial charge in [0.05, 0.1) is 0 Å². The summed E-state index contributed by atoms with van der Waals surface area (Å²) in [6, 6.07) is 18.6. The SMILES string of the molecule is O=C(OCC(=O)N1CC=C(c2ccccc2)CC1)c1cc2ccccc2c(=O)[nH]1. The van der Waals surface area contributed by atoms with E-state index in [4.69, 9.17) is 4.74 Å². The van der Waals surface area contributed by atoms with Crippen molar-refractivity contribution in [2.75, 3.05) is 19.7 Å². The number of amides is 1. The maximum atomic E-state index is 12.4. The Morgan fingerprint density at radius 1 is 1.03 bits per heavy atom. The van der Waals surface area contributed by atoms with Crippen LogP contribution in [0.2, 0.25) is 0 Å². The predicted molar refractivity (Wildman–Crippen MR) is 110 cm³/mol. The lowest BCUT2D eigenvalue weighted by Crippen LogP contribution is -2.37. The quantitative estimate of drug-likeness (QED) is 0.697. The normalized spacial score (nSPS) is 13.8. The molecule has 1 amide bonds. The highest BCUT2D eigenvalue weighted by Crippen LogP contribution is 2.22. The Labute approximate surface area is 167 Å². The number of fused-ring (bicyclic) bond motifs is 1. The van der Waals surface area contributed by atoms with Gasteiger partial charge < -0.3 is 14.6 Å². The molecule has 0 fully saturated rings. The highest BCUT2D eigenvalue weighted by atomic mass is 16.5. The van der Waals surface area contributed by atoms with E-state index in [0.29, 0.717) is 23.9 Å². The van der Waals surface area contributed by atoms with Crippen molar-refractivity contribution < 1.29 is 14.3 Å². The van der Waals surface area contributed by atoms with Crippen LogP contribution >= 0.6 is 0 Å². The molecule has 0 saturated heterocycles. The third kappa shape index (κ3) is 4.11. The van der Waals surface area contributed by atoms with Gasteiger partial charge in [0.15, 0.2) is 6.61 Å². The van der Waals surface area contributed by atoms with E-state index in [1.54, 1.807) is 35.2 Å². The largest absolute Gasteiger partial charge is 0.451 e. The summed E-state index contributed by atoms with van der Waals surface area (Å²) in [5, 5.41) is 1.14. The first kappa shape index (κ1) is 18.7. The minimum atomic E-state index is -0.723. The van der Waals surface area contributed by atoms with Crippen LogP contribution in [-0.4, -0.2) is 41.5 Å². The van der Waals surface area contributed by atoms with Crippen LogP contribution in [-0.2, 0) is 9.53 Å². The van der Waals surface area contributed by atoms with E-state index in [1.165, 1.54) is 5.57 Å². The fourth-order valence-corrected chi connectivity index (χ4v) is 3.43. The summed E-state index contributed by atoms with van der Waals surface area (Å²) in [7, 11) is 0. The molecule has 0 radical (unpaired) electrons. The lowest BCUT2D eigenvalue weighted by molar-refractivity contribution is -0.134. The van der Waals surface area contributed by atoms with Crippen molar-refractivity contribution >= 4 is 28.2 Å². The summed E-state index contributed by atoms with van der Waals surface area (Å²) >= 11 is 0. The summed E-state index contributed by atoms with van der Waals surface area (Å²) in [6.07, 6.45) is 2.78. The van der Waals surface area contributed by atoms with E-state index in [9.17, 15) is 14.4 Å². The molecule has 1 aliphatic heterocycles. The molecule has 3 aromatic rings. The van der Waals surface area contributed by atoms with Gasteiger partial charge >= 0.3 is 5.97 Å². The molecule has 0 bridgehead atoms. The molecule has 2 aromatic carbocycles. The first-order valence-corrected chi connectivity index (χ1v) is 9.43. The van der Waals surface area contributed by atoms with Gasteiger partial charge in [-0.2, -0.15) is 0 Å². The van der Waals surface area contributed by atoms with Gasteiger partial charge in [-0.3, -0.25) is 9.59 Å². The summed E-state index contributed by atoms with van der Waals surface area (Å²) < 4.78 is 5.14. The van der Waals surface area contributed by atoms with E-state index >= 15 is 0 Å². The summed E-state index contributed by atoms with van der Waals surface area (Å²) in [5.74, 6) is -0.983. The third-order valence-corrected chi connectivity index (χ3v) is 5.01. The van der Waals surface area contributed by atoms with Gasteiger partial charge in [-0.15, -0.1) is 0 Å². The minimum absolute atomic E-state index is 0.0337. The number of nitrogens with one attached hydrogen (secondary N) is 1. The van der Waals surface area contributed by atoms with Crippen molar-refractivity contribution in [3.05, 3.63) is 88.4 Å². The highest BCUT2D eigenvalue weighted by molar-refractivity contribution is 5.94. The molecule has 6 heteroatoms. The molecule has 0 unspecified atom stereocenters. The molecule has 0 aliphatic carbocycles. The molecule has 4 rings (SSSR count). The average Bonchev–Trinajstić information content (AvgIpc) is 2.78. The van der Waals surface area contributed by atoms with E-state index in [0.717, 1.165) is 12.0 Å². The number of benzene rings is 2. The van der Waals surface area contributed by atoms with Crippen molar-refractivity contribution in [2.45, 2.75) is 6.42 Å². The molecule has 1 N–H and O–H groups in total. The molecule has 1 aromatic heterocycles. The zero-order chi connectivity index (χ0) is 20.2. The van der Waals surface area contributed by atoms with Crippen molar-refractivity contribution in [3.63, 3.8) is 0 Å². The van der Waals surface area contributed by atoms with Crippen molar-refractivity contribution in [1.29, 1.82) is 0 Å². The standard InChI is InChI=1S/C23H20N2O4/c26-21(25-12-10-17(11-13-25)16-6-2-1-3-7-16)15-29-23(28)20-14-18-8-4-5-9-19(18)22(27)24-20/h1-10,14H,11-13,15H2,(H,24,27). The first-order chi connectivity index (χ1) is 14.1. The van der Waals surface area contributed by atoms with Gasteiger partial charge in [0.2, 0.25) is 0 Å². The van der Waals surface area contributed by atoms with Gasteiger partial charge in [0.25, 0.3) is 11.5 Å². The molecular weight excluding hydrogens is 368 g/mol. The van der Waals surface area contributed by atoms with E-state index in [-0.39, 0.29) is 23.8 Å².